The van der Waals surface area contributed by atoms with E-state index in [4.69, 9.17) is 0 Å². The van der Waals surface area contributed by atoms with Crippen molar-refractivity contribution < 1.29 is 27.6 Å². The molecule has 0 aromatic heterocycles. The van der Waals surface area contributed by atoms with Crippen molar-refractivity contribution in [2.75, 3.05) is 20.6 Å². The van der Waals surface area contributed by atoms with Crippen LogP contribution in [-0.4, -0.2) is 66.5 Å². The summed E-state index contributed by atoms with van der Waals surface area (Å²) >= 11 is 0. The molecule has 0 saturated heterocycles. The number of carbonyl (C=O) groups excluding carboxylic acids is 3. The van der Waals surface area contributed by atoms with Crippen molar-refractivity contribution in [3.63, 3.8) is 0 Å². The molecular weight excluding hydrogens is 379 g/mol. The fourth-order valence-corrected chi connectivity index (χ4v) is 2.74. The maximum absolute atomic E-state index is 13.4. The average molecular weight is 397 g/mol. The molecule has 1 atom stereocenters. The van der Waals surface area contributed by atoms with Crippen LogP contribution in [0.3, 0.4) is 0 Å². The fourth-order valence-electron chi connectivity index (χ4n) is 2.74. The molecule has 4 amide bonds. The Bertz CT molecular complexity index is 803. The van der Waals surface area contributed by atoms with Crippen molar-refractivity contribution in [3.8, 4) is 0 Å². The minimum atomic E-state index is -4.88. The van der Waals surface area contributed by atoms with Crippen LogP contribution in [0.4, 0.5) is 18.0 Å². The molecule has 0 radical (unpaired) electrons. The minimum absolute atomic E-state index is 0.0695. The van der Waals surface area contributed by atoms with E-state index in [1.165, 1.54) is 31.3 Å². The number of nitrogens with one attached hydrogen (secondary N) is 2. The van der Waals surface area contributed by atoms with Gasteiger partial charge in [-0.2, -0.15) is 13.2 Å². The number of likely N-dealkylation sites (N-methyl/N-ethyl adjacent to an activating group) is 1. The molecule has 2 N–H and O–H groups in total. The van der Waals surface area contributed by atoms with Gasteiger partial charge in [0.25, 0.3) is 11.8 Å². The molecule has 2 rings (SSSR count). The quantitative estimate of drug-likeness (QED) is 0.448. The second-order valence-electron chi connectivity index (χ2n) is 5.71. The maximum atomic E-state index is 13.4. The molecular formula is C17H18F3N5O3. The Morgan fingerprint density at radius 2 is 1.82 bits per heavy atom. The Morgan fingerprint density at radius 1 is 1.29 bits per heavy atom. The highest BCUT2D eigenvalue weighted by Crippen LogP contribution is 2.28. The summed E-state index contributed by atoms with van der Waals surface area (Å²) in [7, 11) is 2.34. The van der Waals surface area contributed by atoms with Crippen LogP contribution in [0.25, 0.3) is 0 Å². The van der Waals surface area contributed by atoms with Gasteiger partial charge in [-0.1, -0.05) is 18.7 Å². The number of carbonyl (C=O) groups is 3. The Morgan fingerprint density at radius 3 is 2.25 bits per heavy atom. The van der Waals surface area contributed by atoms with Gasteiger partial charge in [0.05, 0.1) is 17.7 Å². The van der Waals surface area contributed by atoms with Gasteiger partial charge < -0.3 is 15.5 Å². The van der Waals surface area contributed by atoms with Crippen LogP contribution in [0.5, 0.6) is 0 Å². The van der Waals surface area contributed by atoms with E-state index in [9.17, 15) is 27.6 Å². The molecule has 1 aromatic carbocycles. The van der Waals surface area contributed by atoms with Crippen molar-refractivity contribution in [1.82, 2.24) is 20.4 Å². The highest BCUT2D eigenvalue weighted by atomic mass is 19.4. The predicted molar refractivity (Wildman–Crippen MR) is 94.6 cm³/mol. The summed E-state index contributed by atoms with van der Waals surface area (Å²) in [4.78, 5) is 41.5. The van der Waals surface area contributed by atoms with E-state index >= 15 is 0 Å². The predicted octanol–water partition coefficient (Wildman–Crippen LogP) is 1.57. The van der Waals surface area contributed by atoms with Crippen molar-refractivity contribution in [2.24, 2.45) is 4.99 Å². The molecule has 150 valence electrons. The second kappa shape index (κ2) is 8.11. The zero-order valence-electron chi connectivity index (χ0n) is 15.1. The molecule has 1 aromatic rings. The highest BCUT2D eigenvalue weighted by Gasteiger charge is 2.46. The largest absolute Gasteiger partial charge is 0.449 e. The number of fused-ring (bicyclic) bond motifs is 1. The van der Waals surface area contributed by atoms with Gasteiger partial charge in [0, 0.05) is 20.3 Å². The number of alkyl halides is 3. The molecule has 11 heteroatoms. The molecule has 1 aliphatic heterocycles. The van der Waals surface area contributed by atoms with Crippen molar-refractivity contribution in [2.45, 2.75) is 12.3 Å². The van der Waals surface area contributed by atoms with E-state index in [0.717, 1.165) is 7.05 Å². The molecule has 1 heterocycles. The fraction of sp³-hybridized carbons (Fsp3) is 0.294. The normalized spacial score (nSPS) is 15.2. The van der Waals surface area contributed by atoms with Gasteiger partial charge in [0.1, 0.15) is 6.17 Å². The van der Waals surface area contributed by atoms with Gasteiger partial charge in [0.2, 0.25) is 5.84 Å². The molecule has 0 aliphatic carbocycles. The van der Waals surface area contributed by atoms with Gasteiger partial charge >= 0.3 is 12.2 Å². The first-order chi connectivity index (χ1) is 13.1. The number of benzene rings is 1. The third-order valence-corrected chi connectivity index (χ3v) is 4.04. The molecule has 0 spiro atoms. The lowest BCUT2D eigenvalue weighted by Crippen LogP contribution is -2.59. The lowest BCUT2D eigenvalue weighted by atomic mass is 10.1. The van der Waals surface area contributed by atoms with Crippen LogP contribution in [0.15, 0.2) is 42.0 Å². The monoisotopic (exact) mass is 397 g/mol. The van der Waals surface area contributed by atoms with E-state index in [1.807, 2.05) is 0 Å². The molecule has 28 heavy (non-hydrogen) atoms. The number of amidine groups is 1. The zero-order chi connectivity index (χ0) is 21.1. The summed E-state index contributed by atoms with van der Waals surface area (Å²) in [6.45, 7) is 2.70. The Labute approximate surface area is 158 Å². The summed E-state index contributed by atoms with van der Waals surface area (Å²) in [5.74, 6) is -2.91. The first kappa shape index (κ1) is 20.9. The van der Waals surface area contributed by atoms with Gasteiger partial charge in [0.15, 0.2) is 0 Å². The zero-order valence-corrected chi connectivity index (χ0v) is 15.1. The molecule has 8 nitrogen and oxygen atoms in total. The van der Waals surface area contributed by atoms with Gasteiger partial charge in [-0.25, -0.2) is 9.79 Å². The number of nitrogens with zero attached hydrogens (tertiary/aromatic N) is 3. The summed E-state index contributed by atoms with van der Waals surface area (Å²) < 4.78 is 40.3. The first-order valence-electron chi connectivity index (χ1n) is 8.04. The number of rotatable bonds is 5. The van der Waals surface area contributed by atoms with Gasteiger partial charge in [-0.05, 0) is 12.1 Å². The van der Waals surface area contributed by atoms with E-state index in [2.05, 4.69) is 22.2 Å². The van der Waals surface area contributed by atoms with Crippen LogP contribution in [0.1, 0.15) is 20.7 Å². The standard InChI is InChI=1S/C17H18F3N5O3/c1-4-22-15(17(18,19)20)24(3)12(9-23-16(28)21-2)25-13(26)10-7-5-6-8-11(10)14(25)27/h4-8,12H,1,9H2,2-3H3,(H2,21,23,28). The second-order valence-corrected chi connectivity index (χ2v) is 5.71. The number of amides is 4. The van der Waals surface area contributed by atoms with E-state index in [1.54, 1.807) is 0 Å². The number of hydrogen-bond donors (Lipinski definition) is 2. The molecule has 0 bridgehead atoms. The topological polar surface area (TPSA) is 94.1 Å². The smallest absolute Gasteiger partial charge is 0.341 e. The lowest BCUT2D eigenvalue weighted by Gasteiger charge is -2.36. The number of aliphatic imine (C=N–C) groups is 1. The van der Waals surface area contributed by atoms with Crippen LogP contribution < -0.4 is 10.6 Å². The molecule has 1 unspecified atom stereocenters. The Balaban J connectivity index is 2.47. The van der Waals surface area contributed by atoms with Crippen molar-refractivity contribution in [3.05, 3.63) is 48.2 Å². The maximum Gasteiger partial charge on any atom is 0.449 e. The van der Waals surface area contributed by atoms with Gasteiger partial charge in [-0.3, -0.25) is 14.5 Å². The summed E-state index contributed by atoms with van der Waals surface area (Å²) in [6, 6.07) is 5.19. The number of urea groups is 1. The van der Waals surface area contributed by atoms with Gasteiger partial charge in [-0.15, -0.1) is 0 Å². The van der Waals surface area contributed by atoms with Crippen LogP contribution >= 0.6 is 0 Å². The highest BCUT2D eigenvalue weighted by molar-refractivity contribution is 6.21. The molecule has 1 aliphatic rings. The summed E-state index contributed by atoms with van der Waals surface area (Å²) in [6.07, 6.45) is -5.66. The van der Waals surface area contributed by atoms with Crippen molar-refractivity contribution >= 4 is 23.7 Å². The summed E-state index contributed by atoms with van der Waals surface area (Å²) in [5.41, 5.74) is 0.139. The Hall–Kier alpha value is -3.37. The lowest BCUT2D eigenvalue weighted by molar-refractivity contribution is -0.0719. The van der Waals surface area contributed by atoms with E-state index < -0.39 is 42.6 Å². The van der Waals surface area contributed by atoms with Crippen LogP contribution in [0, 0.1) is 0 Å². The number of halogens is 3. The molecule has 0 saturated carbocycles. The summed E-state index contributed by atoms with van der Waals surface area (Å²) in [5, 5.41) is 4.57. The number of hydrogen-bond acceptors (Lipinski definition) is 4. The van der Waals surface area contributed by atoms with Crippen molar-refractivity contribution in [1.29, 1.82) is 0 Å². The van der Waals surface area contributed by atoms with E-state index in [-0.39, 0.29) is 11.1 Å². The molecule has 0 fully saturated rings. The van der Waals surface area contributed by atoms with Crippen LogP contribution in [0.2, 0.25) is 0 Å². The third-order valence-electron chi connectivity index (χ3n) is 4.04. The SMILES string of the molecule is C=CN=C(N(C)C(CNC(=O)NC)N1C(=O)c2ccccc2C1=O)C(F)(F)F. The average Bonchev–Trinajstić information content (AvgIpc) is 2.90. The minimum Gasteiger partial charge on any atom is -0.341 e. The third kappa shape index (κ3) is 3.97. The van der Waals surface area contributed by atoms with E-state index in [0.29, 0.717) is 16.0 Å². The first-order valence-corrected chi connectivity index (χ1v) is 8.04. The number of imide groups is 1. The van der Waals surface area contributed by atoms with Crippen LogP contribution in [-0.2, 0) is 0 Å². The Kier molecular flexibility index (Phi) is 6.06.